The average Bonchev–Trinajstić information content (AvgIpc) is 3.23. The molecule has 0 saturated heterocycles. The van der Waals surface area contributed by atoms with E-state index in [-0.39, 0.29) is 17.1 Å². The van der Waals surface area contributed by atoms with Crippen molar-refractivity contribution in [1.29, 1.82) is 0 Å². The standard InChI is InChI=1S/C24H18FN5O2/c1-2-30-24(32)18-9-4-3-8-17(18)21(29-30)23(31)26-16-10-11-19-20(13-16)28-22(27-19)14-6-5-7-15(25)12-14/h3-13H,2H2,1H3,(H,26,31)(H,27,28). The van der Waals surface area contributed by atoms with Gasteiger partial charge in [0, 0.05) is 23.2 Å². The molecule has 2 N–H and O–H groups in total. The Morgan fingerprint density at radius 1 is 1.06 bits per heavy atom. The fraction of sp³-hybridized carbons (Fsp3) is 0.0833. The first-order valence-electron chi connectivity index (χ1n) is 10.1. The number of carbonyl (C=O) groups excluding carboxylic acids is 1. The summed E-state index contributed by atoms with van der Waals surface area (Å²) in [4.78, 5) is 33.2. The van der Waals surface area contributed by atoms with Crippen LogP contribution in [-0.2, 0) is 6.54 Å². The van der Waals surface area contributed by atoms with Crippen molar-refractivity contribution in [3.05, 3.63) is 88.6 Å². The average molecular weight is 427 g/mol. The Hall–Kier alpha value is -4.33. The van der Waals surface area contributed by atoms with Gasteiger partial charge in [0.15, 0.2) is 5.69 Å². The molecular formula is C24H18FN5O2. The summed E-state index contributed by atoms with van der Waals surface area (Å²) in [6.07, 6.45) is 0. The number of carbonyl (C=O) groups is 1. The lowest BCUT2D eigenvalue weighted by atomic mass is 10.1. The normalized spacial score (nSPS) is 11.2. The van der Waals surface area contributed by atoms with Crippen LogP contribution in [-0.4, -0.2) is 25.7 Å². The van der Waals surface area contributed by atoms with Gasteiger partial charge in [-0.15, -0.1) is 0 Å². The van der Waals surface area contributed by atoms with Crippen LogP contribution in [0.15, 0.2) is 71.5 Å². The molecule has 2 aromatic heterocycles. The van der Waals surface area contributed by atoms with Crippen LogP contribution >= 0.6 is 0 Å². The zero-order valence-electron chi connectivity index (χ0n) is 17.1. The van der Waals surface area contributed by atoms with Crippen molar-refractivity contribution in [2.24, 2.45) is 0 Å². The maximum absolute atomic E-state index is 13.6. The van der Waals surface area contributed by atoms with Crippen molar-refractivity contribution in [1.82, 2.24) is 19.7 Å². The number of nitrogens with zero attached hydrogens (tertiary/aromatic N) is 3. The predicted molar refractivity (Wildman–Crippen MR) is 121 cm³/mol. The zero-order chi connectivity index (χ0) is 22.2. The number of halogens is 1. The van der Waals surface area contributed by atoms with Gasteiger partial charge in [0.1, 0.15) is 11.6 Å². The first-order valence-corrected chi connectivity index (χ1v) is 10.1. The maximum atomic E-state index is 13.6. The first kappa shape index (κ1) is 19.6. The highest BCUT2D eigenvalue weighted by molar-refractivity contribution is 6.11. The largest absolute Gasteiger partial charge is 0.338 e. The third-order valence-electron chi connectivity index (χ3n) is 5.22. The van der Waals surface area contributed by atoms with E-state index in [2.05, 4.69) is 20.4 Å². The van der Waals surface area contributed by atoms with E-state index < -0.39 is 5.91 Å². The highest BCUT2D eigenvalue weighted by Gasteiger charge is 2.17. The molecule has 0 aliphatic heterocycles. The number of nitrogens with one attached hydrogen (secondary N) is 2. The quantitative estimate of drug-likeness (QED) is 0.446. The molecule has 0 unspecified atom stereocenters. The third-order valence-corrected chi connectivity index (χ3v) is 5.22. The van der Waals surface area contributed by atoms with Gasteiger partial charge in [-0.2, -0.15) is 5.10 Å². The highest BCUT2D eigenvalue weighted by Crippen LogP contribution is 2.24. The Labute approximate surface area is 181 Å². The van der Waals surface area contributed by atoms with E-state index in [0.717, 1.165) is 0 Å². The van der Waals surface area contributed by atoms with Crippen molar-refractivity contribution < 1.29 is 9.18 Å². The fourth-order valence-corrected chi connectivity index (χ4v) is 3.67. The minimum absolute atomic E-state index is 0.173. The number of anilines is 1. The fourth-order valence-electron chi connectivity index (χ4n) is 3.67. The summed E-state index contributed by atoms with van der Waals surface area (Å²) in [6, 6.07) is 18.3. The molecule has 5 rings (SSSR count). The number of imidazole rings is 1. The lowest BCUT2D eigenvalue weighted by Crippen LogP contribution is -2.27. The minimum Gasteiger partial charge on any atom is -0.338 e. The highest BCUT2D eigenvalue weighted by atomic mass is 19.1. The smallest absolute Gasteiger partial charge is 0.276 e. The van der Waals surface area contributed by atoms with Gasteiger partial charge in [-0.25, -0.2) is 14.1 Å². The number of aromatic nitrogens is 4. The maximum Gasteiger partial charge on any atom is 0.276 e. The van der Waals surface area contributed by atoms with Crippen LogP contribution < -0.4 is 10.9 Å². The summed E-state index contributed by atoms with van der Waals surface area (Å²) >= 11 is 0. The molecule has 0 radical (unpaired) electrons. The van der Waals surface area contributed by atoms with Crippen LogP contribution in [0.5, 0.6) is 0 Å². The van der Waals surface area contributed by atoms with Gasteiger partial charge in [-0.05, 0) is 43.3 Å². The van der Waals surface area contributed by atoms with Crippen LogP contribution in [0.2, 0.25) is 0 Å². The predicted octanol–water partition coefficient (Wildman–Crippen LogP) is 4.35. The second-order valence-electron chi connectivity index (χ2n) is 7.30. The Balaban J connectivity index is 1.50. The number of aryl methyl sites for hydroxylation is 1. The Bertz CT molecular complexity index is 1550. The molecule has 3 aromatic carbocycles. The number of rotatable bonds is 4. The third kappa shape index (κ3) is 3.41. The number of hydrogen-bond donors (Lipinski definition) is 2. The molecule has 0 bridgehead atoms. The number of amides is 1. The lowest BCUT2D eigenvalue weighted by Gasteiger charge is -2.10. The molecule has 0 spiro atoms. The van der Waals surface area contributed by atoms with Crippen LogP contribution in [0, 0.1) is 5.82 Å². The van der Waals surface area contributed by atoms with Gasteiger partial charge in [-0.1, -0.05) is 30.3 Å². The number of fused-ring (bicyclic) bond motifs is 2. The van der Waals surface area contributed by atoms with Gasteiger partial charge in [-0.3, -0.25) is 9.59 Å². The Morgan fingerprint density at radius 3 is 2.66 bits per heavy atom. The molecule has 32 heavy (non-hydrogen) atoms. The van der Waals surface area contributed by atoms with Gasteiger partial charge in [0.25, 0.3) is 11.5 Å². The molecule has 5 aromatic rings. The summed E-state index contributed by atoms with van der Waals surface area (Å²) in [7, 11) is 0. The molecule has 0 aliphatic carbocycles. The van der Waals surface area contributed by atoms with Crippen LogP contribution in [0.25, 0.3) is 33.2 Å². The van der Waals surface area contributed by atoms with Crippen molar-refractivity contribution in [2.75, 3.05) is 5.32 Å². The summed E-state index contributed by atoms with van der Waals surface area (Å²) in [6.45, 7) is 2.15. The first-order chi connectivity index (χ1) is 15.5. The van der Waals surface area contributed by atoms with E-state index in [1.165, 1.54) is 16.8 Å². The van der Waals surface area contributed by atoms with Crippen molar-refractivity contribution in [3.63, 3.8) is 0 Å². The number of hydrogen-bond acceptors (Lipinski definition) is 4. The number of aromatic amines is 1. The van der Waals surface area contributed by atoms with E-state index >= 15 is 0 Å². The van der Waals surface area contributed by atoms with Crippen LogP contribution in [0.3, 0.4) is 0 Å². The summed E-state index contributed by atoms with van der Waals surface area (Å²) in [5, 5.41) is 8.05. The lowest BCUT2D eigenvalue weighted by molar-refractivity contribution is 0.102. The number of benzene rings is 3. The molecule has 7 nitrogen and oxygen atoms in total. The molecule has 8 heteroatoms. The van der Waals surface area contributed by atoms with Crippen LogP contribution in [0.1, 0.15) is 17.4 Å². The van der Waals surface area contributed by atoms with Gasteiger partial charge >= 0.3 is 0 Å². The molecule has 1 amide bonds. The Kier molecular flexibility index (Phi) is 4.74. The molecule has 0 fully saturated rings. The van der Waals surface area contributed by atoms with E-state index in [1.54, 1.807) is 61.5 Å². The molecular weight excluding hydrogens is 409 g/mol. The molecule has 0 saturated carbocycles. The summed E-state index contributed by atoms with van der Waals surface area (Å²) in [5.41, 5.74) is 2.49. The second-order valence-corrected chi connectivity index (χ2v) is 7.30. The second kappa shape index (κ2) is 7.73. The Morgan fingerprint density at radius 2 is 1.88 bits per heavy atom. The van der Waals surface area contributed by atoms with E-state index in [4.69, 9.17) is 0 Å². The van der Waals surface area contributed by atoms with E-state index in [9.17, 15) is 14.0 Å². The van der Waals surface area contributed by atoms with Gasteiger partial charge in [0.2, 0.25) is 0 Å². The zero-order valence-corrected chi connectivity index (χ0v) is 17.1. The molecule has 0 aliphatic rings. The van der Waals surface area contributed by atoms with Crippen molar-refractivity contribution in [2.45, 2.75) is 13.5 Å². The number of H-pyrrole nitrogens is 1. The SMILES string of the molecule is CCn1nc(C(=O)Nc2ccc3nc(-c4cccc(F)c4)[nH]c3c2)c2ccccc2c1=O. The molecule has 158 valence electrons. The van der Waals surface area contributed by atoms with Gasteiger partial charge in [0.05, 0.1) is 16.4 Å². The molecule has 0 atom stereocenters. The minimum atomic E-state index is -0.424. The van der Waals surface area contributed by atoms with Gasteiger partial charge < -0.3 is 10.3 Å². The summed E-state index contributed by atoms with van der Waals surface area (Å²) < 4.78 is 14.8. The topological polar surface area (TPSA) is 92.7 Å². The van der Waals surface area contributed by atoms with Crippen molar-refractivity contribution >= 4 is 33.4 Å². The van der Waals surface area contributed by atoms with Crippen molar-refractivity contribution in [3.8, 4) is 11.4 Å². The van der Waals surface area contributed by atoms with Crippen LogP contribution in [0.4, 0.5) is 10.1 Å². The monoisotopic (exact) mass is 427 g/mol. The van der Waals surface area contributed by atoms with E-state index in [0.29, 0.717) is 45.4 Å². The van der Waals surface area contributed by atoms with E-state index in [1.807, 2.05) is 0 Å². The summed E-state index contributed by atoms with van der Waals surface area (Å²) in [5.74, 6) is -0.234. The molecule has 2 heterocycles.